The van der Waals surface area contributed by atoms with Crippen molar-refractivity contribution in [2.45, 2.75) is 31.5 Å². The molecule has 0 amide bonds. The first kappa shape index (κ1) is 34.7. The van der Waals surface area contributed by atoms with E-state index in [1.807, 2.05) is 84.9 Å². The molecule has 2 N–H and O–H groups in total. The fraction of sp³-hybridized carbons (Fsp3) is 0.231. The summed E-state index contributed by atoms with van der Waals surface area (Å²) in [7, 11) is 0. The first-order valence-electron chi connectivity index (χ1n) is 15.2. The number of hydrogen-bond acceptors (Lipinski definition) is 8. The number of aliphatic hydroxyl groups is 2. The molecule has 0 aromatic heterocycles. The number of esters is 2. The largest absolute Gasteiger partial charge is 0.490 e. The second kappa shape index (κ2) is 16.4. The summed E-state index contributed by atoms with van der Waals surface area (Å²) in [6.45, 7) is 10.4. The first-order valence-corrected chi connectivity index (χ1v) is 15.2. The zero-order valence-corrected chi connectivity index (χ0v) is 26.6. The van der Waals surface area contributed by atoms with E-state index in [-0.39, 0.29) is 26.4 Å². The molecule has 0 saturated heterocycles. The van der Waals surface area contributed by atoms with Crippen LogP contribution in [0.25, 0.3) is 22.3 Å². The molecule has 0 fully saturated rings. The van der Waals surface area contributed by atoms with Crippen molar-refractivity contribution >= 4 is 11.9 Å². The van der Waals surface area contributed by atoms with Crippen molar-refractivity contribution in [3.8, 4) is 33.8 Å². The van der Waals surface area contributed by atoms with Crippen LogP contribution in [0.15, 0.2) is 122 Å². The zero-order valence-electron chi connectivity index (χ0n) is 26.6. The average molecular weight is 637 g/mol. The molecule has 47 heavy (non-hydrogen) atoms. The molecule has 4 aromatic rings. The predicted octanol–water partition coefficient (Wildman–Crippen LogP) is 6.28. The quantitative estimate of drug-likeness (QED) is 0.109. The molecule has 8 nitrogen and oxygen atoms in total. The van der Waals surface area contributed by atoms with E-state index in [4.69, 9.17) is 18.9 Å². The monoisotopic (exact) mass is 636 g/mol. The molecule has 0 aliphatic carbocycles. The van der Waals surface area contributed by atoms with E-state index in [1.54, 1.807) is 0 Å². The Kier molecular flexibility index (Phi) is 12.1. The maximum absolute atomic E-state index is 11.4. The van der Waals surface area contributed by atoms with Crippen LogP contribution in [0.2, 0.25) is 0 Å². The number of ether oxygens (including phenoxy) is 4. The van der Waals surface area contributed by atoms with Crippen molar-refractivity contribution in [2.24, 2.45) is 0 Å². The van der Waals surface area contributed by atoms with Crippen molar-refractivity contribution in [3.05, 3.63) is 133 Å². The van der Waals surface area contributed by atoms with Gasteiger partial charge in [-0.05, 0) is 46.5 Å². The van der Waals surface area contributed by atoms with Crippen LogP contribution >= 0.6 is 0 Å². The van der Waals surface area contributed by atoms with Gasteiger partial charge in [0.25, 0.3) is 0 Å². The Morgan fingerprint density at radius 3 is 1.38 bits per heavy atom. The summed E-state index contributed by atoms with van der Waals surface area (Å²) in [5, 5.41) is 20.7. The first-order chi connectivity index (χ1) is 22.6. The average Bonchev–Trinajstić information content (AvgIpc) is 3.11. The van der Waals surface area contributed by atoms with Crippen molar-refractivity contribution < 1.29 is 38.7 Å². The van der Waals surface area contributed by atoms with Gasteiger partial charge in [-0.15, -0.1) is 0 Å². The third-order valence-electron chi connectivity index (χ3n) is 7.60. The third kappa shape index (κ3) is 9.42. The third-order valence-corrected chi connectivity index (χ3v) is 7.60. The molecule has 0 aliphatic rings. The van der Waals surface area contributed by atoms with Crippen LogP contribution in [0.1, 0.15) is 25.0 Å². The van der Waals surface area contributed by atoms with Crippen molar-refractivity contribution in [1.82, 2.24) is 0 Å². The molecule has 0 radical (unpaired) electrons. The summed E-state index contributed by atoms with van der Waals surface area (Å²) < 4.78 is 21.9. The van der Waals surface area contributed by atoms with E-state index in [1.165, 1.54) is 0 Å². The van der Waals surface area contributed by atoms with E-state index in [0.29, 0.717) is 11.5 Å². The van der Waals surface area contributed by atoms with Crippen LogP contribution < -0.4 is 9.47 Å². The van der Waals surface area contributed by atoms with Crippen LogP contribution in [0.5, 0.6) is 11.5 Å². The Morgan fingerprint density at radius 2 is 1.02 bits per heavy atom. The highest BCUT2D eigenvalue weighted by Crippen LogP contribution is 2.41. The van der Waals surface area contributed by atoms with Crippen LogP contribution in [0.3, 0.4) is 0 Å². The van der Waals surface area contributed by atoms with Gasteiger partial charge in [0.2, 0.25) is 0 Å². The van der Waals surface area contributed by atoms with E-state index >= 15 is 0 Å². The topological polar surface area (TPSA) is 112 Å². The lowest BCUT2D eigenvalue weighted by molar-refractivity contribution is -0.142. The molecule has 8 heteroatoms. The zero-order chi connectivity index (χ0) is 33.8. The lowest BCUT2D eigenvalue weighted by Crippen LogP contribution is -2.25. The number of carbonyl (C=O) groups excluding carboxylic acids is 2. The smallest absolute Gasteiger partial charge is 0.330 e. The molecule has 0 spiro atoms. The maximum Gasteiger partial charge on any atom is 0.330 e. The highest BCUT2D eigenvalue weighted by molar-refractivity contribution is 5.81. The van der Waals surface area contributed by atoms with Gasteiger partial charge in [0, 0.05) is 28.7 Å². The van der Waals surface area contributed by atoms with Crippen LogP contribution in [0.4, 0.5) is 0 Å². The summed E-state index contributed by atoms with van der Waals surface area (Å²) in [6.07, 6.45) is 0.0573. The Balaban J connectivity index is 1.64. The van der Waals surface area contributed by atoms with E-state index in [2.05, 4.69) is 39.1 Å². The van der Waals surface area contributed by atoms with Gasteiger partial charge in [-0.1, -0.05) is 99.8 Å². The van der Waals surface area contributed by atoms with E-state index in [9.17, 15) is 19.8 Å². The molecule has 0 saturated carbocycles. The predicted molar refractivity (Wildman–Crippen MR) is 181 cm³/mol. The Bertz CT molecular complexity index is 1540. The minimum Gasteiger partial charge on any atom is -0.490 e. The maximum atomic E-state index is 11.4. The standard InChI is InChI=1S/C39H40O8/c1-5-37(42)46-25-31(40)23-44-35-19-17-29(21-33(35)27-13-9-7-10-14-27)39(3,4)30-18-20-36(34(22-30)28-15-11-8-12-16-28)45-24-32(41)26-47-38(43)6-2/h5-22,31-32,40-41H,1-2,23-26H2,3-4H3. The van der Waals surface area contributed by atoms with Crippen LogP contribution in [0, 0.1) is 0 Å². The summed E-state index contributed by atoms with van der Waals surface area (Å²) in [6, 6.07) is 31.6. The molecule has 244 valence electrons. The summed E-state index contributed by atoms with van der Waals surface area (Å²) in [5.41, 5.74) is 5.16. The van der Waals surface area contributed by atoms with Gasteiger partial charge in [0.05, 0.1) is 0 Å². The highest BCUT2D eigenvalue weighted by Gasteiger charge is 2.26. The molecular weight excluding hydrogens is 596 g/mol. The summed E-state index contributed by atoms with van der Waals surface area (Å²) >= 11 is 0. The summed E-state index contributed by atoms with van der Waals surface area (Å²) in [4.78, 5) is 22.8. The van der Waals surface area contributed by atoms with Gasteiger partial charge < -0.3 is 29.2 Å². The molecule has 0 aliphatic heterocycles. The molecule has 4 rings (SSSR count). The Labute approximate surface area is 275 Å². The summed E-state index contributed by atoms with van der Waals surface area (Å²) in [5.74, 6) is -0.0636. The fourth-order valence-corrected chi connectivity index (χ4v) is 4.89. The molecule has 4 aromatic carbocycles. The van der Waals surface area contributed by atoms with Crippen LogP contribution in [-0.2, 0) is 24.5 Å². The van der Waals surface area contributed by atoms with E-state index < -0.39 is 29.6 Å². The lowest BCUT2D eigenvalue weighted by Gasteiger charge is -2.29. The molecule has 2 atom stereocenters. The number of aliphatic hydroxyl groups excluding tert-OH is 2. The van der Waals surface area contributed by atoms with Crippen molar-refractivity contribution in [1.29, 1.82) is 0 Å². The molecule has 0 heterocycles. The van der Waals surface area contributed by atoms with Gasteiger partial charge in [-0.3, -0.25) is 0 Å². The normalized spacial score (nSPS) is 12.3. The highest BCUT2D eigenvalue weighted by atomic mass is 16.6. The van der Waals surface area contributed by atoms with Gasteiger partial charge in [0.1, 0.15) is 50.1 Å². The van der Waals surface area contributed by atoms with Crippen molar-refractivity contribution in [2.75, 3.05) is 26.4 Å². The molecule has 0 bridgehead atoms. The SMILES string of the molecule is C=CC(=O)OCC(O)COc1ccc(C(C)(C)c2ccc(OCC(O)COC(=O)C=C)c(-c3ccccc3)c2)cc1-c1ccccc1. The minimum absolute atomic E-state index is 0.0692. The van der Waals surface area contributed by atoms with Crippen LogP contribution in [-0.4, -0.2) is 60.8 Å². The van der Waals surface area contributed by atoms with Crippen molar-refractivity contribution in [3.63, 3.8) is 0 Å². The number of hydrogen-bond donors (Lipinski definition) is 2. The van der Waals surface area contributed by atoms with Gasteiger partial charge >= 0.3 is 11.9 Å². The second-order valence-electron chi connectivity index (χ2n) is 11.4. The van der Waals surface area contributed by atoms with Gasteiger partial charge in [-0.2, -0.15) is 0 Å². The minimum atomic E-state index is -1.01. The molecular formula is C39H40O8. The number of rotatable bonds is 16. The van der Waals surface area contributed by atoms with Gasteiger partial charge in [0.15, 0.2) is 0 Å². The number of benzene rings is 4. The Morgan fingerprint density at radius 1 is 0.638 bits per heavy atom. The fourth-order valence-electron chi connectivity index (χ4n) is 4.89. The Hall–Kier alpha value is -5.18. The lowest BCUT2D eigenvalue weighted by atomic mass is 9.76. The van der Waals surface area contributed by atoms with E-state index in [0.717, 1.165) is 45.5 Å². The number of carbonyl (C=O) groups is 2. The second-order valence-corrected chi connectivity index (χ2v) is 11.4. The molecule has 2 unspecified atom stereocenters. The van der Waals surface area contributed by atoms with Gasteiger partial charge in [-0.25, -0.2) is 9.59 Å².